The second kappa shape index (κ2) is 5.84. The molecular formula is C21H17O2S+. The fraction of sp³-hybridized carbons (Fsp3) is 0.0952. The van der Waals surface area contributed by atoms with E-state index in [1.54, 1.807) is 6.92 Å². The van der Waals surface area contributed by atoms with Gasteiger partial charge in [-0.2, -0.15) is 0 Å². The Labute approximate surface area is 144 Å². The third-order valence-corrected chi connectivity index (χ3v) is 6.41. The molecule has 0 bridgehead atoms. The lowest BCUT2D eigenvalue weighted by atomic mass is 10.1. The van der Waals surface area contributed by atoms with Crippen LogP contribution in [-0.2, 0) is 10.9 Å². The minimum Gasteiger partial charge on any atom is -0.447 e. The number of benzene rings is 3. The van der Waals surface area contributed by atoms with Gasteiger partial charge in [-0.3, -0.25) is 4.79 Å². The first-order chi connectivity index (χ1) is 11.6. The molecular weight excluding hydrogens is 316 g/mol. The first kappa shape index (κ1) is 15.0. The number of fused-ring (bicyclic) bond motifs is 2. The highest BCUT2D eigenvalue weighted by molar-refractivity contribution is 7.97. The second-order valence-electron chi connectivity index (χ2n) is 5.89. The highest BCUT2D eigenvalue weighted by Gasteiger charge is 2.39. The SMILES string of the molecule is CC(=O)c1ccc2c(c1)Oc1ccccc1[S+]2c1ccc(C)cc1. The van der Waals surface area contributed by atoms with Gasteiger partial charge in [-0.25, -0.2) is 0 Å². The maximum atomic E-state index is 11.7. The second-order valence-corrected chi connectivity index (χ2v) is 7.85. The van der Waals surface area contributed by atoms with Crippen LogP contribution in [0.15, 0.2) is 81.4 Å². The fourth-order valence-electron chi connectivity index (χ4n) is 2.84. The van der Waals surface area contributed by atoms with Crippen LogP contribution in [0, 0.1) is 6.92 Å². The van der Waals surface area contributed by atoms with E-state index in [0.717, 1.165) is 16.4 Å². The number of ether oxygens (including phenoxy) is 1. The summed E-state index contributed by atoms with van der Waals surface area (Å²) in [6.07, 6.45) is 0. The summed E-state index contributed by atoms with van der Waals surface area (Å²) in [7, 11) is -0.224. The number of Topliss-reactive ketones (excluding diaryl/α,β-unsaturated/α-hetero) is 1. The molecule has 3 aromatic rings. The molecule has 0 radical (unpaired) electrons. The van der Waals surface area contributed by atoms with Crippen molar-refractivity contribution in [3.05, 3.63) is 77.9 Å². The van der Waals surface area contributed by atoms with Crippen LogP contribution in [-0.4, -0.2) is 5.78 Å². The Balaban J connectivity index is 1.92. The third-order valence-electron chi connectivity index (χ3n) is 4.12. The summed E-state index contributed by atoms with van der Waals surface area (Å²) in [5.74, 6) is 1.70. The summed E-state index contributed by atoms with van der Waals surface area (Å²) in [6, 6.07) is 22.6. The van der Waals surface area contributed by atoms with Gasteiger partial charge in [-0.05, 0) is 56.3 Å². The number of aryl methyl sites for hydroxylation is 1. The van der Waals surface area contributed by atoms with E-state index in [4.69, 9.17) is 4.74 Å². The Kier molecular flexibility index (Phi) is 3.66. The van der Waals surface area contributed by atoms with E-state index in [1.165, 1.54) is 15.4 Å². The molecule has 1 heterocycles. The van der Waals surface area contributed by atoms with E-state index in [-0.39, 0.29) is 16.7 Å². The zero-order valence-corrected chi connectivity index (χ0v) is 14.4. The van der Waals surface area contributed by atoms with Crippen molar-refractivity contribution in [1.29, 1.82) is 0 Å². The van der Waals surface area contributed by atoms with Crippen LogP contribution in [0.25, 0.3) is 0 Å². The monoisotopic (exact) mass is 333 g/mol. The largest absolute Gasteiger partial charge is 0.447 e. The predicted octanol–water partition coefficient (Wildman–Crippen LogP) is 5.40. The van der Waals surface area contributed by atoms with Gasteiger partial charge >= 0.3 is 0 Å². The summed E-state index contributed by atoms with van der Waals surface area (Å²) in [6.45, 7) is 3.68. The van der Waals surface area contributed by atoms with Crippen molar-refractivity contribution < 1.29 is 9.53 Å². The van der Waals surface area contributed by atoms with Gasteiger partial charge in [-0.15, -0.1) is 0 Å². The minimum atomic E-state index is -0.224. The highest BCUT2D eigenvalue weighted by atomic mass is 32.2. The molecule has 0 spiro atoms. The van der Waals surface area contributed by atoms with E-state index in [1.807, 2.05) is 36.4 Å². The number of para-hydroxylation sites is 1. The van der Waals surface area contributed by atoms with Gasteiger partial charge in [0.1, 0.15) is 10.9 Å². The summed E-state index contributed by atoms with van der Waals surface area (Å²) in [5.41, 5.74) is 1.93. The zero-order valence-electron chi connectivity index (χ0n) is 13.6. The molecule has 1 aliphatic heterocycles. The van der Waals surface area contributed by atoms with Gasteiger partial charge in [-0.1, -0.05) is 29.8 Å². The number of carbonyl (C=O) groups excluding carboxylic acids is 1. The van der Waals surface area contributed by atoms with Crippen molar-refractivity contribution in [2.75, 3.05) is 0 Å². The first-order valence-electron chi connectivity index (χ1n) is 7.86. The van der Waals surface area contributed by atoms with E-state index in [9.17, 15) is 4.79 Å². The molecule has 0 aromatic heterocycles. The van der Waals surface area contributed by atoms with Crippen LogP contribution in [0.5, 0.6) is 11.5 Å². The standard InChI is InChI=1S/C21H17O2S/c1-14-7-10-17(11-8-14)24-20-6-4-3-5-18(20)23-19-13-16(15(2)22)9-12-21(19)24/h3-13H,1-2H3/q+1. The van der Waals surface area contributed by atoms with Gasteiger partial charge in [0.25, 0.3) is 0 Å². The summed E-state index contributed by atoms with van der Waals surface area (Å²) < 4.78 is 6.10. The molecule has 118 valence electrons. The Morgan fingerprint density at radius 2 is 1.58 bits per heavy atom. The number of ketones is 1. The van der Waals surface area contributed by atoms with Crippen molar-refractivity contribution in [1.82, 2.24) is 0 Å². The van der Waals surface area contributed by atoms with Crippen LogP contribution >= 0.6 is 0 Å². The maximum absolute atomic E-state index is 11.7. The van der Waals surface area contributed by atoms with Gasteiger partial charge in [0.2, 0.25) is 9.79 Å². The molecule has 3 heteroatoms. The van der Waals surface area contributed by atoms with Crippen LogP contribution in [0.3, 0.4) is 0 Å². The third kappa shape index (κ3) is 2.51. The van der Waals surface area contributed by atoms with E-state index in [0.29, 0.717) is 5.56 Å². The van der Waals surface area contributed by atoms with E-state index in [2.05, 4.69) is 37.3 Å². The number of hydrogen-bond donors (Lipinski definition) is 0. The lowest BCUT2D eigenvalue weighted by molar-refractivity contribution is 0.101. The van der Waals surface area contributed by atoms with Crippen LogP contribution in [0.2, 0.25) is 0 Å². The lowest BCUT2D eigenvalue weighted by Crippen LogP contribution is -2.13. The van der Waals surface area contributed by atoms with Crippen LogP contribution in [0.1, 0.15) is 22.8 Å². The first-order valence-corrected chi connectivity index (χ1v) is 9.09. The molecule has 1 unspecified atom stereocenters. The lowest BCUT2D eigenvalue weighted by Gasteiger charge is -2.20. The van der Waals surface area contributed by atoms with Crippen molar-refractivity contribution in [3.8, 4) is 11.5 Å². The summed E-state index contributed by atoms with van der Waals surface area (Å²) >= 11 is 0. The molecule has 1 aliphatic rings. The summed E-state index contributed by atoms with van der Waals surface area (Å²) in [4.78, 5) is 15.3. The molecule has 24 heavy (non-hydrogen) atoms. The zero-order chi connectivity index (χ0) is 16.7. The molecule has 0 aliphatic carbocycles. The van der Waals surface area contributed by atoms with E-state index >= 15 is 0 Å². The number of hydrogen-bond acceptors (Lipinski definition) is 2. The van der Waals surface area contributed by atoms with Crippen LogP contribution < -0.4 is 4.74 Å². The molecule has 2 nitrogen and oxygen atoms in total. The Bertz CT molecular complexity index is 929. The Hall–Kier alpha value is -2.52. The summed E-state index contributed by atoms with van der Waals surface area (Å²) in [5, 5.41) is 0. The smallest absolute Gasteiger partial charge is 0.209 e. The fourth-order valence-corrected chi connectivity index (χ4v) is 5.03. The van der Waals surface area contributed by atoms with Gasteiger partial charge in [0.05, 0.1) is 0 Å². The maximum Gasteiger partial charge on any atom is 0.209 e. The molecule has 0 N–H and O–H groups in total. The number of carbonyl (C=O) groups is 1. The van der Waals surface area contributed by atoms with Crippen molar-refractivity contribution in [2.45, 2.75) is 28.5 Å². The molecule has 0 amide bonds. The molecule has 0 saturated heterocycles. The molecule has 4 rings (SSSR count). The van der Waals surface area contributed by atoms with E-state index < -0.39 is 0 Å². The van der Waals surface area contributed by atoms with Crippen molar-refractivity contribution in [2.24, 2.45) is 0 Å². The molecule has 3 aromatic carbocycles. The molecule has 0 saturated carbocycles. The average molecular weight is 333 g/mol. The van der Waals surface area contributed by atoms with Gasteiger partial charge in [0, 0.05) is 5.56 Å². The van der Waals surface area contributed by atoms with Crippen molar-refractivity contribution in [3.63, 3.8) is 0 Å². The van der Waals surface area contributed by atoms with Crippen LogP contribution in [0.4, 0.5) is 0 Å². The minimum absolute atomic E-state index is 0.0514. The Morgan fingerprint density at radius 3 is 2.33 bits per heavy atom. The molecule has 1 atom stereocenters. The quantitative estimate of drug-likeness (QED) is 0.363. The topological polar surface area (TPSA) is 26.3 Å². The highest BCUT2D eigenvalue weighted by Crippen LogP contribution is 2.47. The van der Waals surface area contributed by atoms with Gasteiger partial charge in [0.15, 0.2) is 22.2 Å². The normalized spacial score (nSPS) is 15.2. The van der Waals surface area contributed by atoms with Crippen molar-refractivity contribution >= 4 is 16.7 Å². The average Bonchev–Trinajstić information content (AvgIpc) is 2.60. The predicted molar refractivity (Wildman–Crippen MR) is 96.3 cm³/mol. The van der Waals surface area contributed by atoms with Gasteiger partial charge < -0.3 is 4.74 Å². The number of rotatable bonds is 2. The Morgan fingerprint density at radius 1 is 0.875 bits per heavy atom. The molecule has 0 fully saturated rings.